The summed E-state index contributed by atoms with van der Waals surface area (Å²) in [6, 6.07) is 6.14. The Morgan fingerprint density at radius 3 is 2.80 bits per heavy atom. The van der Waals surface area contributed by atoms with E-state index >= 15 is 0 Å². The number of esters is 1. The molecule has 0 amide bonds. The van der Waals surface area contributed by atoms with Crippen LogP contribution in [0.3, 0.4) is 0 Å². The lowest BCUT2D eigenvalue weighted by Gasteiger charge is -2.08. The van der Waals surface area contributed by atoms with Crippen molar-refractivity contribution in [2.45, 2.75) is 29.9 Å². The topological polar surface area (TPSA) is 95.9 Å². The van der Waals surface area contributed by atoms with Crippen LogP contribution >= 0.6 is 11.8 Å². The number of anilines is 1. The molecule has 0 bridgehead atoms. The first-order chi connectivity index (χ1) is 12.0. The first kappa shape index (κ1) is 17.2. The molecule has 0 atom stereocenters. The summed E-state index contributed by atoms with van der Waals surface area (Å²) in [7, 11) is 0. The van der Waals surface area contributed by atoms with E-state index in [1.54, 1.807) is 12.1 Å². The lowest BCUT2D eigenvalue weighted by molar-refractivity contribution is -0.141. The summed E-state index contributed by atoms with van der Waals surface area (Å²) in [5.74, 6) is -0.318. The molecule has 0 saturated heterocycles. The number of carbonyl (C=O) groups excluding carboxylic acids is 1. The predicted molar refractivity (Wildman–Crippen MR) is 91.5 cm³/mol. The Hall–Kier alpha value is -2.68. The summed E-state index contributed by atoms with van der Waals surface area (Å²) in [6.07, 6.45) is 1.99. The van der Waals surface area contributed by atoms with Crippen molar-refractivity contribution in [3.8, 4) is 0 Å². The average Bonchev–Trinajstić information content (AvgIpc) is 2.92. The molecule has 3 aromatic rings. The number of nitrogen functional groups attached to an aromatic ring is 1. The van der Waals surface area contributed by atoms with Crippen LogP contribution < -0.4 is 5.73 Å². The third-order valence-corrected chi connectivity index (χ3v) is 4.38. The highest BCUT2D eigenvalue weighted by Gasteiger charge is 2.16. The van der Waals surface area contributed by atoms with Gasteiger partial charge in [-0.25, -0.2) is 19.3 Å². The van der Waals surface area contributed by atoms with Crippen LogP contribution in [0, 0.1) is 5.82 Å². The van der Waals surface area contributed by atoms with Gasteiger partial charge in [0.15, 0.2) is 22.1 Å². The van der Waals surface area contributed by atoms with E-state index in [0.717, 1.165) is 4.90 Å². The van der Waals surface area contributed by atoms with E-state index < -0.39 is 0 Å². The third kappa shape index (κ3) is 4.05. The van der Waals surface area contributed by atoms with Gasteiger partial charge in [0.2, 0.25) is 0 Å². The lowest BCUT2D eigenvalue weighted by Crippen LogP contribution is -2.07. The number of nitrogens with zero attached hydrogens (tertiary/aromatic N) is 4. The largest absolute Gasteiger partial charge is 0.466 e. The summed E-state index contributed by atoms with van der Waals surface area (Å²) >= 11 is 1.38. The third-order valence-electron chi connectivity index (χ3n) is 3.38. The summed E-state index contributed by atoms with van der Waals surface area (Å²) in [6.45, 7) is 2.22. The summed E-state index contributed by atoms with van der Waals surface area (Å²) < 4.78 is 20.0. The molecule has 0 spiro atoms. The Morgan fingerprint density at radius 2 is 2.08 bits per heavy atom. The number of rotatable bonds is 6. The number of benzene rings is 1. The van der Waals surface area contributed by atoms with Gasteiger partial charge in [0.1, 0.15) is 12.1 Å². The standard InChI is InChI=1S/C16H16FN5O2S/c1-10(23)24-8-2-7-22-15-13(14(18)19-9-20-15)21-16(22)25-12-5-3-11(17)4-6-12/h3-6,9H,2,7-8H2,1H3,(H2,18,19,20). The number of aryl methyl sites for hydroxylation is 1. The Labute approximate surface area is 147 Å². The summed E-state index contributed by atoms with van der Waals surface area (Å²) in [5.41, 5.74) is 7.02. The molecule has 25 heavy (non-hydrogen) atoms. The van der Waals surface area contributed by atoms with E-state index in [1.807, 2.05) is 4.57 Å². The molecule has 1 aromatic carbocycles. The molecule has 130 valence electrons. The number of hydrogen-bond acceptors (Lipinski definition) is 7. The maximum atomic E-state index is 13.1. The number of imidazole rings is 1. The monoisotopic (exact) mass is 361 g/mol. The highest BCUT2D eigenvalue weighted by molar-refractivity contribution is 7.99. The molecular formula is C16H16FN5O2S. The molecule has 0 radical (unpaired) electrons. The van der Waals surface area contributed by atoms with Crippen molar-refractivity contribution in [3.05, 3.63) is 36.4 Å². The second kappa shape index (κ2) is 7.47. The van der Waals surface area contributed by atoms with Crippen LogP contribution in [0.25, 0.3) is 11.2 Å². The van der Waals surface area contributed by atoms with E-state index in [4.69, 9.17) is 10.5 Å². The lowest BCUT2D eigenvalue weighted by atomic mass is 10.4. The van der Waals surface area contributed by atoms with Gasteiger partial charge in [0.25, 0.3) is 0 Å². The predicted octanol–water partition coefficient (Wildman–Crippen LogP) is 2.65. The minimum absolute atomic E-state index is 0.296. The fraction of sp³-hybridized carbons (Fsp3) is 0.250. The number of hydrogen-bond donors (Lipinski definition) is 1. The molecule has 2 N–H and O–H groups in total. The SMILES string of the molecule is CC(=O)OCCCn1c(Sc2ccc(F)cc2)nc2c(N)ncnc21. The molecule has 2 aromatic heterocycles. The van der Waals surface area contributed by atoms with E-state index in [2.05, 4.69) is 15.0 Å². The Morgan fingerprint density at radius 1 is 1.32 bits per heavy atom. The molecule has 0 unspecified atom stereocenters. The van der Waals surface area contributed by atoms with Gasteiger partial charge in [-0.1, -0.05) is 11.8 Å². The minimum Gasteiger partial charge on any atom is -0.466 e. The highest BCUT2D eigenvalue weighted by atomic mass is 32.2. The first-order valence-corrected chi connectivity index (χ1v) is 8.39. The Balaban J connectivity index is 1.89. The number of nitrogens with two attached hydrogens (primary N) is 1. The normalized spacial score (nSPS) is 11.0. The Kier molecular flexibility index (Phi) is 5.13. The summed E-state index contributed by atoms with van der Waals surface area (Å²) in [4.78, 5) is 24.5. The van der Waals surface area contributed by atoms with Crippen molar-refractivity contribution in [1.29, 1.82) is 0 Å². The Bertz CT molecular complexity index is 897. The second-order valence-corrected chi connectivity index (χ2v) is 6.27. The number of aromatic nitrogens is 4. The van der Waals surface area contributed by atoms with E-state index in [-0.39, 0.29) is 11.8 Å². The maximum Gasteiger partial charge on any atom is 0.302 e. The van der Waals surface area contributed by atoms with Crippen LogP contribution in [0.5, 0.6) is 0 Å². The number of halogens is 1. The molecule has 0 aliphatic heterocycles. The second-order valence-electron chi connectivity index (χ2n) is 5.23. The van der Waals surface area contributed by atoms with Gasteiger partial charge < -0.3 is 15.0 Å². The van der Waals surface area contributed by atoms with Gasteiger partial charge in [-0.15, -0.1) is 0 Å². The molecular weight excluding hydrogens is 345 g/mol. The van der Waals surface area contributed by atoms with Crippen molar-refractivity contribution in [2.24, 2.45) is 0 Å². The zero-order valence-electron chi connectivity index (χ0n) is 13.5. The van der Waals surface area contributed by atoms with E-state index in [1.165, 1.54) is 37.1 Å². The van der Waals surface area contributed by atoms with Crippen LogP contribution in [-0.4, -0.2) is 32.1 Å². The molecule has 0 saturated carbocycles. The van der Waals surface area contributed by atoms with Gasteiger partial charge in [0, 0.05) is 18.4 Å². The fourth-order valence-electron chi connectivity index (χ4n) is 2.26. The van der Waals surface area contributed by atoms with Crippen molar-refractivity contribution in [1.82, 2.24) is 19.5 Å². The van der Waals surface area contributed by atoms with Crippen LogP contribution in [0.2, 0.25) is 0 Å². The molecule has 0 fully saturated rings. The molecule has 0 aliphatic rings. The van der Waals surface area contributed by atoms with Crippen molar-refractivity contribution in [2.75, 3.05) is 12.3 Å². The van der Waals surface area contributed by atoms with Gasteiger partial charge in [-0.3, -0.25) is 4.79 Å². The van der Waals surface area contributed by atoms with Gasteiger partial charge in [-0.2, -0.15) is 0 Å². The number of ether oxygens (including phenoxy) is 1. The number of fused-ring (bicyclic) bond motifs is 1. The molecule has 3 rings (SSSR count). The molecule has 7 nitrogen and oxygen atoms in total. The molecule has 0 aliphatic carbocycles. The highest BCUT2D eigenvalue weighted by Crippen LogP contribution is 2.31. The van der Waals surface area contributed by atoms with Crippen LogP contribution in [0.1, 0.15) is 13.3 Å². The van der Waals surface area contributed by atoms with Crippen LogP contribution in [0.4, 0.5) is 10.2 Å². The smallest absolute Gasteiger partial charge is 0.302 e. The molecule has 9 heteroatoms. The van der Waals surface area contributed by atoms with Gasteiger partial charge >= 0.3 is 5.97 Å². The van der Waals surface area contributed by atoms with E-state index in [9.17, 15) is 9.18 Å². The average molecular weight is 361 g/mol. The number of carbonyl (C=O) groups is 1. The maximum absolute atomic E-state index is 13.1. The van der Waals surface area contributed by atoms with Gasteiger partial charge in [-0.05, 0) is 30.7 Å². The van der Waals surface area contributed by atoms with Gasteiger partial charge in [0.05, 0.1) is 6.61 Å². The fourth-order valence-corrected chi connectivity index (χ4v) is 3.17. The van der Waals surface area contributed by atoms with E-state index in [0.29, 0.717) is 41.7 Å². The van der Waals surface area contributed by atoms with Crippen LogP contribution in [0.15, 0.2) is 40.6 Å². The van der Waals surface area contributed by atoms with Crippen LogP contribution in [-0.2, 0) is 16.1 Å². The first-order valence-electron chi connectivity index (χ1n) is 7.58. The zero-order valence-corrected chi connectivity index (χ0v) is 14.3. The van der Waals surface area contributed by atoms with Crippen molar-refractivity contribution < 1.29 is 13.9 Å². The van der Waals surface area contributed by atoms with Crippen molar-refractivity contribution >= 4 is 34.7 Å². The molecule has 2 heterocycles. The minimum atomic E-state index is -0.317. The quantitative estimate of drug-likeness (QED) is 0.532. The van der Waals surface area contributed by atoms with Crippen molar-refractivity contribution in [3.63, 3.8) is 0 Å². The summed E-state index contributed by atoms with van der Waals surface area (Å²) in [5, 5.41) is 0.664. The zero-order chi connectivity index (χ0) is 17.8.